The zero-order valence-corrected chi connectivity index (χ0v) is 12.9. The fraction of sp³-hybridized carbons (Fsp3) is 0.250. The van der Waals surface area contributed by atoms with Crippen molar-refractivity contribution in [2.75, 3.05) is 19.3 Å². The molecule has 4 nitrogen and oxygen atoms in total. The van der Waals surface area contributed by atoms with E-state index in [9.17, 15) is 8.42 Å². The maximum atomic E-state index is 12.4. The third kappa shape index (κ3) is 4.06. The molecule has 0 spiro atoms. The molecule has 5 heteroatoms. The first-order chi connectivity index (χ1) is 10.00. The highest BCUT2D eigenvalue weighted by atomic mass is 32.2. The Morgan fingerprint density at radius 1 is 1.05 bits per heavy atom. The van der Waals surface area contributed by atoms with Gasteiger partial charge in [-0.15, -0.1) is 0 Å². The normalized spacial score (nSPS) is 11.7. The number of hydrogen-bond acceptors (Lipinski definition) is 3. The average molecular weight is 304 g/mol. The minimum Gasteiger partial charge on any atom is -0.399 e. The first-order valence-electron chi connectivity index (χ1n) is 6.86. The summed E-state index contributed by atoms with van der Waals surface area (Å²) in [5.74, 6) is 0. The molecular weight excluding hydrogens is 284 g/mol. The van der Waals surface area contributed by atoms with E-state index < -0.39 is 10.0 Å². The number of rotatable bonds is 6. The lowest BCUT2D eigenvalue weighted by atomic mass is 10.1. The second-order valence-corrected chi connectivity index (χ2v) is 7.03. The highest BCUT2D eigenvalue weighted by Gasteiger charge is 2.20. The van der Waals surface area contributed by atoms with Crippen molar-refractivity contribution < 1.29 is 8.42 Å². The lowest BCUT2D eigenvalue weighted by Crippen LogP contribution is -2.28. The van der Waals surface area contributed by atoms with Gasteiger partial charge in [0.2, 0.25) is 10.0 Å². The van der Waals surface area contributed by atoms with Gasteiger partial charge in [0.25, 0.3) is 0 Å². The van der Waals surface area contributed by atoms with Crippen LogP contribution in [0.1, 0.15) is 12.0 Å². The van der Waals surface area contributed by atoms with Crippen LogP contribution in [-0.4, -0.2) is 26.3 Å². The van der Waals surface area contributed by atoms with Crippen LogP contribution < -0.4 is 5.73 Å². The second kappa shape index (κ2) is 6.74. The van der Waals surface area contributed by atoms with Gasteiger partial charge in [-0.05, 0) is 36.6 Å². The molecule has 0 bridgehead atoms. The van der Waals surface area contributed by atoms with Gasteiger partial charge < -0.3 is 5.73 Å². The smallest absolute Gasteiger partial charge is 0.242 e. The Kier molecular flexibility index (Phi) is 4.98. The molecule has 112 valence electrons. The van der Waals surface area contributed by atoms with E-state index in [0.29, 0.717) is 12.2 Å². The minimum atomic E-state index is -3.46. The van der Waals surface area contributed by atoms with Crippen molar-refractivity contribution >= 4 is 15.7 Å². The van der Waals surface area contributed by atoms with Gasteiger partial charge in [0.05, 0.1) is 4.90 Å². The van der Waals surface area contributed by atoms with Crippen LogP contribution in [-0.2, 0) is 16.4 Å². The molecule has 0 aliphatic carbocycles. The molecule has 0 atom stereocenters. The number of nitrogens with two attached hydrogens (primary N) is 1. The van der Waals surface area contributed by atoms with Crippen LogP contribution in [0.2, 0.25) is 0 Å². The summed E-state index contributed by atoms with van der Waals surface area (Å²) in [6.07, 6.45) is 1.64. The topological polar surface area (TPSA) is 63.4 Å². The largest absolute Gasteiger partial charge is 0.399 e. The summed E-state index contributed by atoms with van der Waals surface area (Å²) < 4.78 is 26.2. The number of aryl methyl sites for hydroxylation is 1. The van der Waals surface area contributed by atoms with Crippen LogP contribution in [0.25, 0.3) is 0 Å². The summed E-state index contributed by atoms with van der Waals surface area (Å²) in [5, 5.41) is 0. The van der Waals surface area contributed by atoms with Crippen molar-refractivity contribution in [3.63, 3.8) is 0 Å². The van der Waals surface area contributed by atoms with Crippen molar-refractivity contribution in [1.82, 2.24) is 4.31 Å². The molecule has 0 saturated carbocycles. The van der Waals surface area contributed by atoms with Crippen molar-refractivity contribution in [3.05, 3.63) is 60.2 Å². The van der Waals surface area contributed by atoms with E-state index in [2.05, 4.69) is 0 Å². The molecular formula is C16H20N2O2S. The maximum absolute atomic E-state index is 12.4. The Hall–Kier alpha value is -1.85. The highest BCUT2D eigenvalue weighted by Crippen LogP contribution is 2.17. The number of sulfonamides is 1. The second-order valence-electron chi connectivity index (χ2n) is 4.99. The number of anilines is 1. The first-order valence-corrected chi connectivity index (χ1v) is 8.30. The summed E-state index contributed by atoms with van der Waals surface area (Å²) in [5.41, 5.74) is 7.32. The van der Waals surface area contributed by atoms with Gasteiger partial charge in [-0.1, -0.05) is 36.4 Å². The third-order valence-electron chi connectivity index (χ3n) is 3.35. The van der Waals surface area contributed by atoms with Gasteiger partial charge >= 0.3 is 0 Å². The Morgan fingerprint density at radius 2 is 1.76 bits per heavy atom. The highest BCUT2D eigenvalue weighted by molar-refractivity contribution is 7.89. The molecule has 0 fully saturated rings. The van der Waals surface area contributed by atoms with Crippen LogP contribution >= 0.6 is 0 Å². The van der Waals surface area contributed by atoms with Crippen LogP contribution in [0.3, 0.4) is 0 Å². The molecule has 21 heavy (non-hydrogen) atoms. The van der Waals surface area contributed by atoms with Crippen LogP contribution in [0.5, 0.6) is 0 Å². The van der Waals surface area contributed by atoms with Crippen molar-refractivity contribution in [1.29, 1.82) is 0 Å². The summed E-state index contributed by atoms with van der Waals surface area (Å²) >= 11 is 0. The molecule has 0 radical (unpaired) electrons. The molecule has 0 aliphatic rings. The summed E-state index contributed by atoms with van der Waals surface area (Å²) in [6, 6.07) is 16.4. The van der Waals surface area contributed by atoms with E-state index in [1.165, 1.54) is 15.9 Å². The molecule has 2 aromatic carbocycles. The van der Waals surface area contributed by atoms with E-state index in [4.69, 9.17) is 5.73 Å². The zero-order chi connectivity index (χ0) is 15.3. The van der Waals surface area contributed by atoms with Gasteiger partial charge in [-0.2, -0.15) is 0 Å². The van der Waals surface area contributed by atoms with Gasteiger partial charge in [-0.25, -0.2) is 12.7 Å². The fourth-order valence-corrected chi connectivity index (χ4v) is 3.39. The fourth-order valence-electron chi connectivity index (χ4n) is 2.13. The Bertz CT molecular complexity index is 684. The molecule has 0 heterocycles. The van der Waals surface area contributed by atoms with Gasteiger partial charge in [0.15, 0.2) is 0 Å². The lowest BCUT2D eigenvalue weighted by Gasteiger charge is -2.17. The number of hydrogen-bond donors (Lipinski definition) is 1. The molecule has 2 aromatic rings. The standard InChI is InChI=1S/C16H20N2O2S/c1-18(12-6-9-14-7-3-2-4-8-14)21(19,20)16-11-5-10-15(17)13-16/h2-5,7-8,10-11,13H,6,9,12,17H2,1H3. The third-order valence-corrected chi connectivity index (χ3v) is 5.20. The van der Waals surface area contributed by atoms with E-state index in [0.717, 1.165) is 12.8 Å². The SMILES string of the molecule is CN(CCCc1ccccc1)S(=O)(=O)c1cccc(N)c1. The molecule has 2 N–H and O–H groups in total. The Labute approximate surface area is 126 Å². The first kappa shape index (κ1) is 15.5. The van der Waals surface area contributed by atoms with Crippen molar-refractivity contribution in [2.24, 2.45) is 0 Å². The van der Waals surface area contributed by atoms with Crippen LogP contribution in [0, 0.1) is 0 Å². The zero-order valence-electron chi connectivity index (χ0n) is 12.1. The van der Waals surface area contributed by atoms with E-state index >= 15 is 0 Å². The Balaban J connectivity index is 1.97. The average Bonchev–Trinajstić information content (AvgIpc) is 2.48. The van der Waals surface area contributed by atoms with Crippen molar-refractivity contribution in [2.45, 2.75) is 17.7 Å². The van der Waals surface area contributed by atoms with Crippen LogP contribution in [0.15, 0.2) is 59.5 Å². The maximum Gasteiger partial charge on any atom is 0.242 e. The predicted octanol–water partition coefficient (Wildman–Crippen LogP) is 2.52. The van der Waals surface area contributed by atoms with Crippen LogP contribution in [0.4, 0.5) is 5.69 Å². The van der Waals surface area contributed by atoms with Gasteiger partial charge in [0, 0.05) is 19.3 Å². The summed E-state index contributed by atoms with van der Waals surface area (Å²) in [4.78, 5) is 0.240. The molecule has 0 saturated heterocycles. The lowest BCUT2D eigenvalue weighted by molar-refractivity contribution is 0.461. The molecule has 0 unspecified atom stereocenters. The quantitative estimate of drug-likeness (QED) is 0.834. The summed E-state index contributed by atoms with van der Waals surface area (Å²) in [7, 11) is -1.86. The molecule has 0 aliphatic heterocycles. The van der Waals surface area contributed by atoms with Crippen molar-refractivity contribution in [3.8, 4) is 0 Å². The molecule has 0 amide bonds. The minimum absolute atomic E-state index is 0.240. The van der Waals surface area contributed by atoms with E-state index in [1.54, 1.807) is 25.2 Å². The molecule has 2 rings (SSSR count). The number of nitrogen functional groups attached to an aromatic ring is 1. The van der Waals surface area contributed by atoms with Gasteiger partial charge in [-0.3, -0.25) is 0 Å². The van der Waals surface area contributed by atoms with Gasteiger partial charge in [0.1, 0.15) is 0 Å². The van der Waals surface area contributed by atoms with E-state index in [1.807, 2.05) is 30.3 Å². The predicted molar refractivity (Wildman–Crippen MR) is 85.4 cm³/mol. The monoisotopic (exact) mass is 304 g/mol. The summed E-state index contributed by atoms with van der Waals surface area (Å²) in [6.45, 7) is 0.478. The number of benzene rings is 2. The van der Waals surface area contributed by atoms with E-state index in [-0.39, 0.29) is 4.90 Å². The molecule has 0 aromatic heterocycles. The Morgan fingerprint density at radius 3 is 2.43 bits per heavy atom. The number of nitrogens with zero attached hydrogens (tertiary/aromatic N) is 1.